The van der Waals surface area contributed by atoms with E-state index < -0.39 is 0 Å². The summed E-state index contributed by atoms with van der Waals surface area (Å²) in [7, 11) is 1.78. The Balaban J connectivity index is 1.55. The first kappa shape index (κ1) is 12.6. The van der Waals surface area contributed by atoms with E-state index in [-0.39, 0.29) is 0 Å². The van der Waals surface area contributed by atoms with Gasteiger partial charge in [-0.05, 0) is 42.4 Å². The Bertz CT molecular complexity index is 545. The Morgan fingerprint density at radius 3 is 3.16 bits per heavy atom. The van der Waals surface area contributed by atoms with Gasteiger partial charge in [-0.1, -0.05) is 0 Å². The van der Waals surface area contributed by atoms with Gasteiger partial charge in [0, 0.05) is 44.6 Å². The van der Waals surface area contributed by atoms with Crippen molar-refractivity contribution in [3.05, 3.63) is 30.1 Å². The molecular weight excluding hydrogens is 238 g/mol. The molecule has 1 aliphatic rings. The van der Waals surface area contributed by atoms with E-state index in [1.807, 2.05) is 12.3 Å². The highest BCUT2D eigenvalue weighted by molar-refractivity contribution is 5.79. The molecule has 4 nitrogen and oxygen atoms in total. The summed E-state index contributed by atoms with van der Waals surface area (Å²) in [5.74, 6) is 0. The molecule has 0 bridgehead atoms. The maximum Gasteiger partial charge on any atom is 0.137 e. The van der Waals surface area contributed by atoms with Crippen LogP contribution in [0, 0.1) is 5.41 Å². The normalized spacial score (nSPS) is 16.9. The van der Waals surface area contributed by atoms with E-state index in [2.05, 4.69) is 27.5 Å². The molecule has 0 atom stereocenters. The molecule has 0 radical (unpaired) electrons. The fraction of sp³-hybridized carbons (Fsp3) is 0.533. The Labute approximate surface area is 113 Å². The van der Waals surface area contributed by atoms with Crippen LogP contribution in [0.15, 0.2) is 24.5 Å². The molecule has 2 aromatic heterocycles. The van der Waals surface area contributed by atoms with Crippen molar-refractivity contribution in [2.45, 2.75) is 25.8 Å². The molecule has 0 amide bonds. The fourth-order valence-electron chi connectivity index (χ4n) is 2.63. The number of nitrogens with one attached hydrogen (secondary N) is 2. The number of aromatic nitrogens is 2. The molecule has 0 spiro atoms. The van der Waals surface area contributed by atoms with Crippen LogP contribution in [0.4, 0.5) is 0 Å². The summed E-state index contributed by atoms with van der Waals surface area (Å²) in [6.45, 7) is 2.86. The molecular formula is C15H21N3O. The predicted octanol–water partition coefficient (Wildman–Crippen LogP) is 2.47. The molecule has 3 rings (SSSR count). The third-order valence-corrected chi connectivity index (χ3v) is 4.15. The van der Waals surface area contributed by atoms with Crippen molar-refractivity contribution >= 4 is 11.0 Å². The van der Waals surface area contributed by atoms with Crippen LogP contribution in [0.2, 0.25) is 0 Å². The molecule has 0 unspecified atom stereocenters. The molecule has 2 aromatic rings. The van der Waals surface area contributed by atoms with Crippen molar-refractivity contribution in [1.82, 2.24) is 15.3 Å². The van der Waals surface area contributed by atoms with Crippen LogP contribution in [-0.2, 0) is 11.3 Å². The van der Waals surface area contributed by atoms with Crippen LogP contribution < -0.4 is 5.32 Å². The monoisotopic (exact) mass is 259 g/mol. The number of hydrogen-bond acceptors (Lipinski definition) is 3. The zero-order chi connectivity index (χ0) is 13.1. The van der Waals surface area contributed by atoms with E-state index in [0.717, 1.165) is 25.3 Å². The van der Waals surface area contributed by atoms with Crippen LogP contribution >= 0.6 is 0 Å². The molecule has 102 valence electrons. The first-order valence-electron chi connectivity index (χ1n) is 6.94. The third-order valence-electron chi connectivity index (χ3n) is 4.15. The lowest BCUT2D eigenvalue weighted by Gasteiger charge is -2.15. The van der Waals surface area contributed by atoms with E-state index >= 15 is 0 Å². The topological polar surface area (TPSA) is 49.9 Å². The van der Waals surface area contributed by atoms with E-state index in [4.69, 9.17) is 4.74 Å². The molecule has 0 aliphatic heterocycles. The second-order valence-electron chi connectivity index (χ2n) is 5.56. The van der Waals surface area contributed by atoms with E-state index in [0.29, 0.717) is 5.41 Å². The van der Waals surface area contributed by atoms with Gasteiger partial charge in [-0.3, -0.25) is 0 Å². The van der Waals surface area contributed by atoms with E-state index in [1.54, 1.807) is 7.11 Å². The summed E-state index contributed by atoms with van der Waals surface area (Å²) in [5, 5.41) is 4.81. The minimum Gasteiger partial charge on any atom is -0.385 e. The minimum atomic E-state index is 0.500. The molecule has 4 heteroatoms. The molecule has 1 fully saturated rings. The SMILES string of the molecule is COCCC1(CNCc2c[nH]c3ncccc23)CC1. The zero-order valence-corrected chi connectivity index (χ0v) is 11.4. The number of ether oxygens (including phenoxy) is 1. The quantitative estimate of drug-likeness (QED) is 0.803. The Morgan fingerprint density at radius 2 is 2.37 bits per heavy atom. The van der Waals surface area contributed by atoms with Crippen molar-refractivity contribution in [3.8, 4) is 0 Å². The Morgan fingerprint density at radius 1 is 1.47 bits per heavy atom. The van der Waals surface area contributed by atoms with Crippen molar-refractivity contribution in [1.29, 1.82) is 0 Å². The second-order valence-corrected chi connectivity index (χ2v) is 5.56. The summed E-state index contributed by atoms with van der Waals surface area (Å²) in [5.41, 5.74) is 2.77. The average molecular weight is 259 g/mol. The van der Waals surface area contributed by atoms with Crippen molar-refractivity contribution in [2.24, 2.45) is 5.41 Å². The molecule has 19 heavy (non-hydrogen) atoms. The summed E-state index contributed by atoms with van der Waals surface area (Å²) in [4.78, 5) is 7.53. The fourth-order valence-corrected chi connectivity index (χ4v) is 2.63. The number of H-pyrrole nitrogens is 1. The van der Waals surface area contributed by atoms with E-state index in [1.165, 1.54) is 30.2 Å². The van der Waals surface area contributed by atoms with Gasteiger partial charge in [0.15, 0.2) is 0 Å². The van der Waals surface area contributed by atoms with E-state index in [9.17, 15) is 0 Å². The molecule has 1 aliphatic carbocycles. The number of fused-ring (bicyclic) bond motifs is 1. The van der Waals surface area contributed by atoms with Gasteiger partial charge < -0.3 is 15.0 Å². The van der Waals surface area contributed by atoms with Crippen molar-refractivity contribution < 1.29 is 4.74 Å². The average Bonchev–Trinajstić information content (AvgIpc) is 3.10. The molecule has 0 aromatic carbocycles. The number of nitrogens with zero attached hydrogens (tertiary/aromatic N) is 1. The molecule has 1 saturated carbocycles. The third kappa shape index (κ3) is 2.80. The number of pyridine rings is 1. The largest absolute Gasteiger partial charge is 0.385 e. The van der Waals surface area contributed by atoms with Crippen LogP contribution in [-0.4, -0.2) is 30.2 Å². The van der Waals surface area contributed by atoms with Crippen LogP contribution in [0.1, 0.15) is 24.8 Å². The molecule has 0 saturated heterocycles. The second kappa shape index (κ2) is 5.31. The van der Waals surface area contributed by atoms with Crippen LogP contribution in [0.5, 0.6) is 0 Å². The van der Waals surface area contributed by atoms with Gasteiger partial charge in [-0.15, -0.1) is 0 Å². The maximum absolute atomic E-state index is 5.19. The predicted molar refractivity (Wildman–Crippen MR) is 76.0 cm³/mol. The first-order valence-corrected chi connectivity index (χ1v) is 6.94. The summed E-state index contributed by atoms with van der Waals surface area (Å²) < 4.78 is 5.19. The lowest BCUT2D eigenvalue weighted by atomic mass is 10.0. The number of rotatable bonds is 7. The number of hydrogen-bond donors (Lipinski definition) is 2. The summed E-state index contributed by atoms with van der Waals surface area (Å²) in [6.07, 6.45) is 7.71. The number of methoxy groups -OCH3 is 1. The van der Waals surface area contributed by atoms with Gasteiger partial charge in [0.05, 0.1) is 0 Å². The van der Waals surface area contributed by atoms with Crippen LogP contribution in [0.25, 0.3) is 11.0 Å². The zero-order valence-electron chi connectivity index (χ0n) is 11.4. The number of aromatic amines is 1. The van der Waals surface area contributed by atoms with Gasteiger partial charge >= 0.3 is 0 Å². The smallest absolute Gasteiger partial charge is 0.137 e. The first-order chi connectivity index (χ1) is 9.33. The highest BCUT2D eigenvalue weighted by Crippen LogP contribution is 2.48. The maximum atomic E-state index is 5.19. The van der Waals surface area contributed by atoms with Gasteiger partial charge in [0.1, 0.15) is 5.65 Å². The lowest BCUT2D eigenvalue weighted by molar-refractivity contribution is 0.171. The van der Waals surface area contributed by atoms with Gasteiger partial charge in [-0.25, -0.2) is 4.98 Å². The Kier molecular flexibility index (Phi) is 3.53. The van der Waals surface area contributed by atoms with Gasteiger partial charge in [-0.2, -0.15) is 0 Å². The standard InChI is InChI=1S/C15H21N3O/c1-19-8-6-15(4-5-15)11-16-9-12-10-18-14-13(12)3-2-7-17-14/h2-3,7,10,16H,4-6,8-9,11H2,1H3,(H,17,18). The summed E-state index contributed by atoms with van der Waals surface area (Å²) >= 11 is 0. The highest BCUT2D eigenvalue weighted by atomic mass is 16.5. The summed E-state index contributed by atoms with van der Waals surface area (Å²) in [6, 6.07) is 4.11. The van der Waals surface area contributed by atoms with Crippen LogP contribution in [0.3, 0.4) is 0 Å². The van der Waals surface area contributed by atoms with Gasteiger partial charge in [0.25, 0.3) is 0 Å². The van der Waals surface area contributed by atoms with Crippen molar-refractivity contribution in [3.63, 3.8) is 0 Å². The molecule has 2 N–H and O–H groups in total. The highest BCUT2D eigenvalue weighted by Gasteiger charge is 2.41. The Hall–Kier alpha value is -1.39. The molecule has 2 heterocycles. The van der Waals surface area contributed by atoms with Crippen molar-refractivity contribution in [2.75, 3.05) is 20.3 Å². The lowest BCUT2D eigenvalue weighted by Crippen LogP contribution is -2.24. The minimum absolute atomic E-state index is 0.500. The van der Waals surface area contributed by atoms with Gasteiger partial charge in [0.2, 0.25) is 0 Å².